The minimum atomic E-state index is -4.75. The predicted molar refractivity (Wildman–Crippen MR) is 94.9 cm³/mol. The maximum atomic E-state index is 13.5. The molecule has 0 fully saturated rings. The third-order valence-corrected chi connectivity index (χ3v) is 4.81. The molecule has 1 aromatic heterocycles. The van der Waals surface area contributed by atoms with Crippen LogP contribution in [0.4, 0.5) is 18.9 Å². The van der Waals surface area contributed by atoms with Crippen LogP contribution in [0.25, 0.3) is 16.9 Å². The molecule has 1 heterocycles. The van der Waals surface area contributed by atoms with Crippen molar-refractivity contribution in [2.24, 2.45) is 5.14 Å². The Balaban J connectivity index is 2.43. The van der Waals surface area contributed by atoms with Crippen LogP contribution >= 0.6 is 0 Å². The highest BCUT2D eigenvalue weighted by molar-refractivity contribution is 7.89. The van der Waals surface area contributed by atoms with Gasteiger partial charge in [-0.05, 0) is 12.1 Å². The molecular formula is C17H15F3N4O2S. The number of halogens is 3. The Labute approximate surface area is 153 Å². The first-order valence-corrected chi connectivity index (χ1v) is 9.25. The van der Waals surface area contributed by atoms with E-state index in [0.29, 0.717) is 5.56 Å². The number of primary sulfonamides is 1. The summed E-state index contributed by atoms with van der Waals surface area (Å²) < 4.78 is 65.4. The molecule has 6 nitrogen and oxygen atoms in total. The van der Waals surface area contributed by atoms with Gasteiger partial charge in [-0.1, -0.05) is 42.5 Å². The lowest BCUT2D eigenvalue weighted by Crippen LogP contribution is -2.16. The number of para-hydroxylation sites is 1. The van der Waals surface area contributed by atoms with Gasteiger partial charge in [-0.25, -0.2) is 18.2 Å². The van der Waals surface area contributed by atoms with E-state index < -0.39 is 21.9 Å². The SMILES string of the molecule is CNc1c(C(F)(F)F)nn(-c2ccccc2S(N)(=O)=O)c1-c1ccccc1. The molecule has 0 amide bonds. The molecule has 0 aliphatic rings. The van der Waals surface area contributed by atoms with Gasteiger partial charge in [0, 0.05) is 12.6 Å². The number of sulfonamides is 1. The molecule has 142 valence electrons. The van der Waals surface area contributed by atoms with Crippen LogP contribution in [-0.4, -0.2) is 25.2 Å². The third kappa shape index (κ3) is 3.53. The van der Waals surface area contributed by atoms with E-state index in [1.807, 2.05) is 0 Å². The number of benzene rings is 2. The van der Waals surface area contributed by atoms with Gasteiger partial charge in [0.1, 0.15) is 4.90 Å². The smallest absolute Gasteiger partial charge is 0.385 e. The molecule has 27 heavy (non-hydrogen) atoms. The van der Waals surface area contributed by atoms with Crippen molar-refractivity contribution < 1.29 is 21.6 Å². The highest BCUT2D eigenvalue weighted by Gasteiger charge is 2.40. The lowest BCUT2D eigenvalue weighted by Gasteiger charge is -2.12. The van der Waals surface area contributed by atoms with Crippen molar-refractivity contribution in [1.82, 2.24) is 9.78 Å². The van der Waals surface area contributed by atoms with Gasteiger partial charge in [0.25, 0.3) is 0 Å². The van der Waals surface area contributed by atoms with E-state index in [-0.39, 0.29) is 22.0 Å². The van der Waals surface area contributed by atoms with Crippen LogP contribution in [0.5, 0.6) is 0 Å². The summed E-state index contributed by atoms with van der Waals surface area (Å²) in [6.07, 6.45) is -4.75. The molecule has 2 aromatic carbocycles. The molecule has 3 N–H and O–H groups in total. The quantitative estimate of drug-likeness (QED) is 0.708. The molecule has 0 bridgehead atoms. The molecule has 0 saturated carbocycles. The Morgan fingerprint density at radius 1 is 1.04 bits per heavy atom. The minimum absolute atomic E-state index is 0.0709. The second-order valence-electron chi connectivity index (χ2n) is 5.61. The third-order valence-electron chi connectivity index (χ3n) is 3.85. The first kappa shape index (κ1) is 18.9. The van der Waals surface area contributed by atoms with Gasteiger partial charge in [-0.2, -0.15) is 18.3 Å². The Morgan fingerprint density at radius 2 is 1.63 bits per heavy atom. The van der Waals surface area contributed by atoms with Crippen molar-refractivity contribution in [2.45, 2.75) is 11.1 Å². The van der Waals surface area contributed by atoms with Crippen molar-refractivity contribution >= 4 is 15.7 Å². The summed E-state index contributed by atoms with van der Waals surface area (Å²) in [7, 11) is -2.85. The average molecular weight is 396 g/mol. The van der Waals surface area contributed by atoms with Crippen LogP contribution in [-0.2, 0) is 16.2 Å². The standard InChI is InChI=1S/C17H15F3N4O2S/c1-22-14-15(11-7-3-2-4-8-11)24(23-16(14)17(18,19)20)12-9-5-6-10-13(12)27(21,25)26/h2-10,22H,1H3,(H2,21,25,26). The summed E-state index contributed by atoms with van der Waals surface area (Å²) in [5.74, 6) is 0. The van der Waals surface area contributed by atoms with Crippen molar-refractivity contribution in [3.8, 4) is 16.9 Å². The van der Waals surface area contributed by atoms with Crippen LogP contribution in [0.2, 0.25) is 0 Å². The van der Waals surface area contributed by atoms with E-state index in [2.05, 4.69) is 10.4 Å². The van der Waals surface area contributed by atoms with E-state index in [0.717, 1.165) is 4.68 Å². The maximum absolute atomic E-state index is 13.5. The Kier molecular flexibility index (Phi) is 4.70. The van der Waals surface area contributed by atoms with Gasteiger partial charge in [0.05, 0.1) is 17.1 Å². The highest BCUT2D eigenvalue weighted by atomic mass is 32.2. The van der Waals surface area contributed by atoms with E-state index in [9.17, 15) is 21.6 Å². The minimum Gasteiger partial charge on any atom is -0.385 e. The summed E-state index contributed by atoms with van der Waals surface area (Å²) in [6.45, 7) is 0. The number of nitrogens with zero attached hydrogens (tertiary/aromatic N) is 2. The molecule has 3 aromatic rings. The van der Waals surface area contributed by atoms with Gasteiger partial charge >= 0.3 is 6.18 Å². The summed E-state index contributed by atoms with van der Waals surface area (Å²) >= 11 is 0. The van der Waals surface area contributed by atoms with Crippen LogP contribution in [0.3, 0.4) is 0 Å². The van der Waals surface area contributed by atoms with Crippen molar-refractivity contribution in [1.29, 1.82) is 0 Å². The van der Waals surface area contributed by atoms with E-state index in [1.54, 1.807) is 30.3 Å². The van der Waals surface area contributed by atoms with Crippen molar-refractivity contribution in [2.75, 3.05) is 12.4 Å². The monoisotopic (exact) mass is 396 g/mol. The maximum Gasteiger partial charge on any atom is 0.437 e. The van der Waals surface area contributed by atoms with Crippen LogP contribution in [0, 0.1) is 0 Å². The van der Waals surface area contributed by atoms with Crippen molar-refractivity contribution in [3.05, 3.63) is 60.3 Å². The molecule has 0 aliphatic heterocycles. The van der Waals surface area contributed by atoms with E-state index in [4.69, 9.17) is 5.14 Å². The molecule has 0 spiro atoms. The highest BCUT2D eigenvalue weighted by Crippen LogP contribution is 2.41. The fourth-order valence-electron chi connectivity index (χ4n) is 2.76. The van der Waals surface area contributed by atoms with Crippen molar-refractivity contribution in [3.63, 3.8) is 0 Å². The lowest BCUT2D eigenvalue weighted by atomic mass is 10.1. The Hall–Kier alpha value is -2.85. The van der Waals surface area contributed by atoms with Gasteiger partial charge in [-0.15, -0.1) is 0 Å². The van der Waals surface area contributed by atoms with Gasteiger partial charge in [-0.3, -0.25) is 0 Å². The zero-order valence-corrected chi connectivity index (χ0v) is 14.8. The fraction of sp³-hybridized carbons (Fsp3) is 0.118. The molecule has 0 atom stereocenters. The number of aromatic nitrogens is 2. The predicted octanol–water partition coefficient (Wildman–Crippen LogP) is 3.25. The van der Waals surface area contributed by atoms with Crippen LogP contribution < -0.4 is 10.5 Å². The normalized spacial score (nSPS) is 12.2. The second-order valence-corrected chi connectivity index (χ2v) is 7.14. The number of anilines is 1. The largest absolute Gasteiger partial charge is 0.437 e. The lowest BCUT2D eigenvalue weighted by molar-refractivity contribution is -0.140. The number of alkyl halides is 3. The fourth-order valence-corrected chi connectivity index (χ4v) is 3.48. The first-order valence-electron chi connectivity index (χ1n) is 7.70. The first-order chi connectivity index (χ1) is 12.6. The zero-order chi connectivity index (χ0) is 19.8. The van der Waals surface area contributed by atoms with Gasteiger partial charge in [0.2, 0.25) is 10.0 Å². The van der Waals surface area contributed by atoms with Crippen LogP contribution in [0.1, 0.15) is 5.69 Å². The zero-order valence-electron chi connectivity index (χ0n) is 14.0. The topological polar surface area (TPSA) is 90.0 Å². The van der Waals surface area contributed by atoms with Crippen LogP contribution in [0.15, 0.2) is 59.5 Å². The van der Waals surface area contributed by atoms with E-state index in [1.165, 1.54) is 31.3 Å². The van der Waals surface area contributed by atoms with Gasteiger partial charge in [0.15, 0.2) is 5.69 Å². The Bertz CT molecular complexity index is 1080. The summed E-state index contributed by atoms with van der Waals surface area (Å²) in [5, 5.41) is 11.5. The van der Waals surface area contributed by atoms with Gasteiger partial charge < -0.3 is 5.32 Å². The number of hydrogen-bond acceptors (Lipinski definition) is 4. The Morgan fingerprint density at radius 3 is 2.19 bits per heavy atom. The summed E-state index contributed by atoms with van der Waals surface area (Å²) in [4.78, 5) is -0.332. The number of rotatable bonds is 4. The molecular weight excluding hydrogens is 381 g/mol. The number of nitrogens with one attached hydrogen (secondary N) is 1. The number of hydrogen-bond donors (Lipinski definition) is 2. The summed E-state index contributed by atoms with van der Waals surface area (Å²) in [6, 6.07) is 13.7. The molecule has 0 radical (unpaired) electrons. The summed E-state index contributed by atoms with van der Waals surface area (Å²) in [5.41, 5.74) is -1.01. The molecule has 0 saturated heterocycles. The molecule has 0 aliphatic carbocycles. The molecule has 3 rings (SSSR count). The van der Waals surface area contributed by atoms with E-state index >= 15 is 0 Å². The average Bonchev–Trinajstić information content (AvgIpc) is 3.01. The second kappa shape index (κ2) is 6.71. The molecule has 0 unspecified atom stereocenters. The molecule has 10 heteroatoms. The number of nitrogens with two attached hydrogens (primary N) is 1.